The van der Waals surface area contributed by atoms with Crippen LogP contribution in [0.3, 0.4) is 0 Å². The highest BCUT2D eigenvalue weighted by Crippen LogP contribution is 2.30. The molecule has 1 atom stereocenters. The summed E-state index contributed by atoms with van der Waals surface area (Å²) in [5.41, 5.74) is 2.89. The lowest BCUT2D eigenvalue weighted by molar-refractivity contribution is 0.510. The van der Waals surface area contributed by atoms with Crippen LogP contribution in [0, 0.1) is 11.6 Å². The standard InChI is InChI=1S/C13H10BrClF2N2/c14-8-6-7(4-5-9(8)15)13(19-18)12-10(16)2-1-3-11(12)17/h1-6,13,19H,18H2. The van der Waals surface area contributed by atoms with Crippen LogP contribution in [0.5, 0.6) is 0 Å². The minimum Gasteiger partial charge on any atom is -0.271 e. The van der Waals surface area contributed by atoms with Gasteiger partial charge in [-0.25, -0.2) is 14.2 Å². The number of nitrogens with one attached hydrogen (secondary N) is 1. The SMILES string of the molecule is NNC(c1ccc(Cl)c(Br)c1)c1c(F)cccc1F. The van der Waals surface area contributed by atoms with Crippen molar-refractivity contribution in [1.29, 1.82) is 0 Å². The van der Waals surface area contributed by atoms with Gasteiger partial charge in [0.2, 0.25) is 0 Å². The van der Waals surface area contributed by atoms with E-state index in [0.29, 0.717) is 15.1 Å². The number of benzene rings is 2. The van der Waals surface area contributed by atoms with Gasteiger partial charge in [0.15, 0.2) is 0 Å². The fourth-order valence-electron chi connectivity index (χ4n) is 1.82. The highest BCUT2D eigenvalue weighted by Gasteiger charge is 2.21. The van der Waals surface area contributed by atoms with Gasteiger partial charge in [-0.15, -0.1) is 0 Å². The van der Waals surface area contributed by atoms with Crippen molar-refractivity contribution in [2.75, 3.05) is 0 Å². The summed E-state index contributed by atoms with van der Waals surface area (Å²) in [7, 11) is 0. The van der Waals surface area contributed by atoms with Crippen molar-refractivity contribution in [2.24, 2.45) is 5.84 Å². The van der Waals surface area contributed by atoms with Gasteiger partial charge in [-0.3, -0.25) is 5.84 Å². The molecule has 0 aromatic heterocycles. The highest BCUT2D eigenvalue weighted by atomic mass is 79.9. The lowest BCUT2D eigenvalue weighted by Crippen LogP contribution is -2.30. The lowest BCUT2D eigenvalue weighted by Gasteiger charge is -2.18. The molecule has 2 aromatic rings. The molecule has 19 heavy (non-hydrogen) atoms. The summed E-state index contributed by atoms with van der Waals surface area (Å²) >= 11 is 9.16. The molecule has 2 nitrogen and oxygen atoms in total. The minimum absolute atomic E-state index is 0.126. The van der Waals surface area contributed by atoms with Gasteiger partial charge in [0.1, 0.15) is 11.6 Å². The Kier molecular flexibility index (Phi) is 4.52. The molecule has 0 spiro atoms. The quantitative estimate of drug-likeness (QED) is 0.652. The van der Waals surface area contributed by atoms with Crippen LogP contribution in [0.25, 0.3) is 0 Å². The Morgan fingerprint density at radius 2 is 1.79 bits per heavy atom. The van der Waals surface area contributed by atoms with E-state index in [-0.39, 0.29) is 5.56 Å². The predicted octanol–water partition coefficient (Wildman–Crippen LogP) is 3.93. The molecule has 0 aliphatic rings. The van der Waals surface area contributed by atoms with E-state index in [2.05, 4.69) is 21.4 Å². The van der Waals surface area contributed by atoms with Gasteiger partial charge < -0.3 is 0 Å². The zero-order valence-electron chi connectivity index (χ0n) is 9.63. The number of rotatable bonds is 3. The summed E-state index contributed by atoms with van der Waals surface area (Å²) in [6, 6.07) is 7.84. The predicted molar refractivity (Wildman–Crippen MR) is 74.7 cm³/mol. The minimum atomic E-state index is -0.797. The molecule has 0 fully saturated rings. The van der Waals surface area contributed by atoms with E-state index in [9.17, 15) is 8.78 Å². The summed E-state index contributed by atoms with van der Waals surface area (Å²) in [6.07, 6.45) is 0. The second-order valence-corrected chi connectivity index (χ2v) is 5.17. The molecule has 100 valence electrons. The first kappa shape index (κ1) is 14.4. The number of hydrogen-bond acceptors (Lipinski definition) is 2. The smallest absolute Gasteiger partial charge is 0.131 e. The maximum atomic E-state index is 13.8. The molecule has 0 saturated carbocycles. The lowest BCUT2D eigenvalue weighted by atomic mass is 9.98. The second-order valence-electron chi connectivity index (χ2n) is 3.91. The zero-order chi connectivity index (χ0) is 14.0. The van der Waals surface area contributed by atoms with E-state index < -0.39 is 17.7 Å². The number of halogens is 4. The molecule has 0 aliphatic heterocycles. The molecule has 0 amide bonds. The van der Waals surface area contributed by atoms with Crippen LogP contribution in [0.2, 0.25) is 5.02 Å². The normalized spacial score (nSPS) is 12.5. The molecule has 0 heterocycles. The summed E-state index contributed by atoms with van der Waals surface area (Å²) in [4.78, 5) is 0. The van der Waals surface area contributed by atoms with E-state index in [4.69, 9.17) is 17.4 Å². The second kappa shape index (κ2) is 5.96. The Labute approximate surface area is 122 Å². The van der Waals surface area contributed by atoms with Crippen LogP contribution in [-0.4, -0.2) is 0 Å². The first-order chi connectivity index (χ1) is 9.04. The largest absolute Gasteiger partial charge is 0.271 e. The monoisotopic (exact) mass is 346 g/mol. The molecule has 0 bridgehead atoms. The fraction of sp³-hybridized carbons (Fsp3) is 0.0769. The molecular weight excluding hydrogens is 338 g/mol. The first-order valence-corrected chi connectivity index (χ1v) is 6.56. The Hall–Kier alpha value is -1.01. The van der Waals surface area contributed by atoms with Crippen LogP contribution in [0.15, 0.2) is 40.9 Å². The number of hydrazine groups is 1. The molecule has 3 N–H and O–H groups in total. The molecule has 1 unspecified atom stereocenters. The summed E-state index contributed by atoms with van der Waals surface area (Å²) < 4.78 is 28.2. The van der Waals surface area contributed by atoms with Gasteiger partial charge >= 0.3 is 0 Å². The molecule has 0 radical (unpaired) electrons. The Morgan fingerprint density at radius 3 is 2.32 bits per heavy atom. The van der Waals surface area contributed by atoms with Crippen LogP contribution in [0.1, 0.15) is 17.2 Å². The summed E-state index contributed by atoms with van der Waals surface area (Å²) in [6.45, 7) is 0. The topological polar surface area (TPSA) is 38.0 Å². The van der Waals surface area contributed by atoms with Crippen LogP contribution in [-0.2, 0) is 0 Å². The van der Waals surface area contributed by atoms with Crippen molar-refractivity contribution in [3.05, 3.63) is 68.7 Å². The average Bonchev–Trinajstić information content (AvgIpc) is 2.37. The van der Waals surface area contributed by atoms with Crippen LogP contribution < -0.4 is 11.3 Å². The van der Waals surface area contributed by atoms with Gasteiger partial charge in [-0.1, -0.05) is 23.7 Å². The van der Waals surface area contributed by atoms with Crippen molar-refractivity contribution in [3.8, 4) is 0 Å². The van der Waals surface area contributed by atoms with E-state index in [1.165, 1.54) is 18.2 Å². The summed E-state index contributed by atoms with van der Waals surface area (Å²) in [5.74, 6) is 4.11. The maximum Gasteiger partial charge on any atom is 0.131 e. The van der Waals surface area contributed by atoms with Gasteiger partial charge in [0, 0.05) is 10.0 Å². The van der Waals surface area contributed by atoms with Crippen molar-refractivity contribution >= 4 is 27.5 Å². The van der Waals surface area contributed by atoms with Gasteiger partial charge in [0.25, 0.3) is 0 Å². The molecule has 2 rings (SSSR count). The van der Waals surface area contributed by atoms with Crippen LogP contribution in [0.4, 0.5) is 8.78 Å². The van der Waals surface area contributed by atoms with Crippen molar-refractivity contribution in [1.82, 2.24) is 5.43 Å². The zero-order valence-corrected chi connectivity index (χ0v) is 12.0. The molecule has 2 aromatic carbocycles. The van der Waals surface area contributed by atoms with E-state index in [1.807, 2.05) is 0 Å². The number of nitrogens with two attached hydrogens (primary N) is 1. The van der Waals surface area contributed by atoms with Crippen LogP contribution >= 0.6 is 27.5 Å². The third-order valence-electron chi connectivity index (χ3n) is 2.73. The average molecular weight is 348 g/mol. The van der Waals surface area contributed by atoms with E-state index >= 15 is 0 Å². The van der Waals surface area contributed by atoms with Gasteiger partial charge in [-0.05, 0) is 45.8 Å². The maximum absolute atomic E-state index is 13.8. The van der Waals surface area contributed by atoms with Crippen molar-refractivity contribution in [2.45, 2.75) is 6.04 Å². The van der Waals surface area contributed by atoms with Gasteiger partial charge in [0.05, 0.1) is 11.1 Å². The third kappa shape index (κ3) is 2.95. The Morgan fingerprint density at radius 1 is 1.16 bits per heavy atom. The Balaban J connectivity index is 2.53. The van der Waals surface area contributed by atoms with E-state index in [0.717, 1.165) is 0 Å². The first-order valence-electron chi connectivity index (χ1n) is 5.39. The molecule has 0 aliphatic carbocycles. The fourth-order valence-corrected chi connectivity index (χ4v) is 2.34. The van der Waals surface area contributed by atoms with E-state index in [1.54, 1.807) is 18.2 Å². The van der Waals surface area contributed by atoms with Gasteiger partial charge in [-0.2, -0.15) is 0 Å². The summed E-state index contributed by atoms with van der Waals surface area (Å²) in [5, 5.41) is 0.508. The molecular formula is C13H10BrClF2N2. The Bertz CT molecular complexity index is 587. The third-order valence-corrected chi connectivity index (χ3v) is 3.95. The van der Waals surface area contributed by atoms with Crippen molar-refractivity contribution < 1.29 is 8.78 Å². The number of hydrogen-bond donors (Lipinski definition) is 2. The highest BCUT2D eigenvalue weighted by molar-refractivity contribution is 9.10. The molecule has 0 saturated heterocycles. The molecule has 6 heteroatoms. The van der Waals surface area contributed by atoms with Crippen molar-refractivity contribution in [3.63, 3.8) is 0 Å².